The van der Waals surface area contributed by atoms with E-state index in [1.807, 2.05) is 12.1 Å². The van der Waals surface area contributed by atoms with Crippen LogP contribution in [-0.2, 0) is 0 Å². The van der Waals surface area contributed by atoms with Gasteiger partial charge in [-0.15, -0.1) is 0 Å². The van der Waals surface area contributed by atoms with E-state index in [0.717, 1.165) is 22.6 Å². The second kappa shape index (κ2) is 3.23. The lowest BCUT2D eigenvalue weighted by Crippen LogP contribution is -1.79. The molecule has 0 unspecified atom stereocenters. The van der Waals surface area contributed by atoms with E-state index in [4.69, 9.17) is 4.42 Å². The summed E-state index contributed by atoms with van der Waals surface area (Å²) in [5.41, 5.74) is 4.49. The summed E-state index contributed by atoms with van der Waals surface area (Å²) in [5.74, 6) is 1.56. The molecule has 0 bridgehead atoms. The Morgan fingerprint density at radius 3 is 2.88 bits per heavy atom. The average Bonchev–Trinajstić information content (AvgIpc) is 2.82. The number of aryl methyl sites for hydroxylation is 2. The number of aromatic amines is 1. The van der Waals surface area contributed by atoms with Crippen LogP contribution in [0.1, 0.15) is 11.1 Å². The van der Waals surface area contributed by atoms with Gasteiger partial charge < -0.3 is 9.40 Å². The molecule has 3 nitrogen and oxygen atoms in total. The highest BCUT2D eigenvalue weighted by atomic mass is 16.3. The van der Waals surface area contributed by atoms with E-state index in [2.05, 4.69) is 35.9 Å². The lowest BCUT2D eigenvalue weighted by atomic mass is 10.1. The van der Waals surface area contributed by atoms with Crippen LogP contribution in [0.15, 0.2) is 34.9 Å². The Kier molecular flexibility index (Phi) is 1.86. The van der Waals surface area contributed by atoms with Crippen LogP contribution in [0.4, 0.5) is 0 Å². The van der Waals surface area contributed by atoms with Gasteiger partial charge in [0.05, 0.1) is 17.3 Å². The maximum atomic E-state index is 5.33. The Labute approximate surface area is 93.1 Å². The molecule has 1 aromatic carbocycles. The second-order valence-electron chi connectivity index (χ2n) is 4.04. The molecule has 2 heterocycles. The first-order valence-corrected chi connectivity index (χ1v) is 5.25. The van der Waals surface area contributed by atoms with E-state index in [-0.39, 0.29) is 0 Å². The van der Waals surface area contributed by atoms with Crippen LogP contribution in [0.5, 0.6) is 0 Å². The van der Waals surface area contributed by atoms with Gasteiger partial charge in [0.15, 0.2) is 11.6 Å². The number of fused-ring (bicyclic) bond motifs is 1. The zero-order valence-electron chi connectivity index (χ0n) is 9.24. The predicted octanol–water partition coefficient (Wildman–Crippen LogP) is 3.44. The van der Waals surface area contributed by atoms with Gasteiger partial charge >= 0.3 is 0 Å². The summed E-state index contributed by atoms with van der Waals surface area (Å²) in [5, 5.41) is 0. The van der Waals surface area contributed by atoms with Crippen molar-refractivity contribution in [2.75, 3.05) is 0 Å². The molecule has 0 aliphatic rings. The van der Waals surface area contributed by atoms with Gasteiger partial charge in [0, 0.05) is 0 Å². The zero-order valence-corrected chi connectivity index (χ0v) is 9.24. The summed E-state index contributed by atoms with van der Waals surface area (Å²) in [6, 6.07) is 8.00. The highest BCUT2D eigenvalue weighted by Gasteiger charge is 2.09. The van der Waals surface area contributed by atoms with Crippen molar-refractivity contribution in [3.05, 3.63) is 41.7 Å². The lowest BCUT2D eigenvalue weighted by molar-refractivity contribution is 0.578. The summed E-state index contributed by atoms with van der Waals surface area (Å²) in [6.45, 7) is 4.15. The van der Waals surface area contributed by atoms with Gasteiger partial charge in [0.25, 0.3) is 0 Å². The molecule has 0 radical (unpaired) electrons. The van der Waals surface area contributed by atoms with E-state index >= 15 is 0 Å². The number of imidazole rings is 1. The third-order valence-electron chi connectivity index (χ3n) is 2.68. The fraction of sp³-hybridized carbons (Fsp3) is 0.154. The van der Waals surface area contributed by atoms with Crippen LogP contribution >= 0.6 is 0 Å². The number of hydrogen-bond acceptors (Lipinski definition) is 2. The third-order valence-corrected chi connectivity index (χ3v) is 2.68. The molecule has 3 rings (SSSR count). The fourth-order valence-corrected chi connectivity index (χ4v) is 2.00. The summed E-state index contributed by atoms with van der Waals surface area (Å²) in [6.07, 6.45) is 1.65. The molecule has 0 aliphatic carbocycles. The van der Waals surface area contributed by atoms with Crippen molar-refractivity contribution >= 4 is 11.0 Å². The Bertz CT molecular complexity index is 635. The minimum atomic E-state index is 0.772. The van der Waals surface area contributed by atoms with E-state index in [1.54, 1.807) is 6.26 Å². The summed E-state index contributed by atoms with van der Waals surface area (Å²) >= 11 is 0. The molecule has 3 aromatic rings. The van der Waals surface area contributed by atoms with Gasteiger partial charge in [-0.3, -0.25) is 0 Å². The van der Waals surface area contributed by atoms with Crippen molar-refractivity contribution in [2.24, 2.45) is 0 Å². The van der Waals surface area contributed by atoms with Crippen LogP contribution in [0.25, 0.3) is 22.6 Å². The van der Waals surface area contributed by atoms with Crippen molar-refractivity contribution < 1.29 is 4.42 Å². The molecule has 0 aliphatic heterocycles. The minimum Gasteiger partial charge on any atom is -0.461 e. The van der Waals surface area contributed by atoms with E-state index in [1.165, 1.54) is 11.1 Å². The number of rotatable bonds is 1. The Morgan fingerprint density at radius 1 is 1.25 bits per heavy atom. The van der Waals surface area contributed by atoms with Gasteiger partial charge in [-0.25, -0.2) is 4.98 Å². The number of furan rings is 1. The minimum absolute atomic E-state index is 0.772. The summed E-state index contributed by atoms with van der Waals surface area (Å²) in [4.78, 5) is 7.82. The molecule has 0 saturated heterocycles. The number of hydrogen-bond donors (Lipinski definition) is 1. The first kappa shape index (κ1) is 9.21. The predicted molar refractivity (Wildman–Crippen MR) is 63.3 cm³/mol. The van der Waals surface area contributed by atoms with Crippen LogP contribution in [-0.4, -0.2) is 9.97 Å². The SMILES string of the molecule is Cc1cc(C)c2nc(-c3ccco3)[nH]c2c1. The van der Waals surface area contributed by atoms with Gasteiger partial charge in [0.2, 0.25) is 0 Å². The van der Waals surface area contributed by atoms with Crippen molar-refractivity contribution in [3.63, 3.8) is 0 Å². The quantitative estimate of drug-likeness (QED) is 0.671. The summed E-state index contributed by atoms with van der Waals surface area (Å²) < 4.78 is 5.33. The molecule has 0 amide bonds. The Hall–Kier alpha value is -2.03. The molecule has 0 atom stereocenters. The largest absolute Gasteiger partial charge is 0.461 e. The average molecular weight is 212 g/mol. The summed E-state index contributed by atoms with van der Waals surface area (Å²) in [7, 11) is 0. The molecular formula is C13H12N2O. The monoisotopic (exact) mass is 212 g/mol. The lowest BCUT2D eigenvalue weighted by Gasteiger charge is -1.96. The van der Waals surface area contributed by atoms with Gasteiger partial charge in [-0.1, -0.05) is 6.07 Å². The molecule has 3 heteroatoms. The smallest absolute Gasteiger partial charge is 0.174 e. The first-order valence-electron chi connectivity index (χ1n) is 5.25. The molecule has 0 saturated carbocycles. The Balaban J connectivity index is 2.27. The second-order valence-corrected chi connectivity index (χ2v) is 4.04. The highest BCUT2D eigenvalue weighted by molar-refractivity contribution is 5.82. The van der Waals surface area contributed by atoms with E-state index in [0.29, 0.717) is 0 Å². The number of aromatic nitrogens is 2. The molecular weight excluding hydrogens is 200 g/mol. The van der Waals surface area contributed by atoms with Crippen molar-refractivity contribution in [1.29, 1.82) is 0 Å². The van der Waals surface area contributed by atoms with Crippen molar-refractivity contribution in [2.45, 2.75) is 13.8 Å². The van der Waals surface area contributed by atoms with E-state index < -0.39 is 0 Å². The van der Waals surface area contributed by atoms with Crippen molar-refractivity contribution in [3.8, 4) is 11.6 Å². The van der Waals surface area contributed by atoms with Crippen LogP contribution in [0.2, 0.25) is 0 Å². The van der Waals surface area contributed by atoms with E-state index in [9.17, 15) is 0 Å². The number of nitrogens with one attached hydrogen (secondary N) is 1. The van der Waals surface area contributed by atoms with Gasteiger partial charge in [0.1, 0.15) is 0 Å². The maximum absolute atomic E-state index is 5.33. The fourth-order valence-electron chi connectivity index (χ4n) is 2.00. The molecule has 0 spiro atoms. The molecule has 0 fully saturated rings. The standard InChI is InChI=1S/C13H12N2O/c1-8-6-9(2)12-10(7-8)14-13(15-12)11-4-3-5-16-11/h3-7H,1-2H3,(H,14,15). The molecule has 16 heavy (non-hydrogen) atoms. The number of benzene rings is 1. The number of nitrogens with zero attached hydrogens (tertiary/aromatic N) is 1. The molecule has 1 N–H and O–H groups in total. The number of H-pyrrole nitrogens is 1. The topological polar surface area (TPSA) is 41.8 Å². The van der Waals surface area contributed by atoms with Gasteiger partial charge in [-0.2, -0.15) is 0 Å². The molecule has 80 valence electrons. The van der Waals surface area contributed by atoms with Crippen molar-refractivity contribution in [1.82, 2.24) is 9.97 Å². The van der Waals surface area contributed by atoms with Gasteiger partial charge in [-0.05, 0) is 43.2 Å². The zero-order chi connectivity index (χ0) is 11.1. The third kappa shape index (κ3) is 1.33. The van der Waals surface area contributed by atoms with Crippen LogP contribution in [0, 0.1) is 13.8 Å². The van der Waals surface area contributed by atoms with Crippen LogP contribution < -0.4 is 0 Å². The van der Waals surface area contributed by atoms with Crippen LogP contribution in [0.3, 0.4) is 0 Å². The maximum Gasteiger partial charge on any atom is 0.174 e. The first-order chi connectivity index (χ1) is 7.74. The molecule has 2 aromatic heterocycles. The Morgan fingerprint density at radius 2 is 2.12 bits per heavy atom. The normalized spacial score (nSPS) is 11.1. The highest BCUT2D eigenvalue weighted by Crippen LogP contribution is 2.23.